The van der Waals surface area contributed by atoms with Gasteiger partial charge in [-0.05, 0) is 12.1 Å². The van der Waals surface area contributed by atoms with Gasteiger partial charge < -0.3 is 20.3 Å². The van der Waals surface area contributed by atoms with Crippen molar-refractivity contribution in [2.24, 2.45) is 0 Å². The molecule has 6 heteroatoms. The van der Waals surface area contributed by atoms with Crippen LogP contribution in [0, 0.1) is 0 Å². The van der Waals surface area contributed by atoms with Crippen molar-refractivity contribution < 1.29 is 14.3 Å². The van der Waals surface area contributed by atoms with Crippen LogP contribution in [0.5, 0.6) is 0 Å². The zero-order chi connectivity index (χ0) is 15.8. The van der Waals surface area contributed by atoms with E-state index in [1.807, 2.05) is 37.3 Å². The predicted octanol–water partition coefficient (Wildman–Crippen LogP) is 0.140. The third-order valence-corrected chi connectivity index (χ3v) is 3.55. The summed E-state index contributed by atoms with van der Waals surface area (Å²) < 4.78 is 5.24. The Balaban J connectivity index is 1.97. The Kier molecular flexibility index (Phi) is 6.36. The number of amides is 2. The Morgan fingerprint density at radius 2 is 2.09 bits per heavy atom. The van der Waals surface area contributed by atoms with E-state index in [1.165, 1.54) is 0 Å². The Morgan fingerprint density at radius 3 is 2.82 bits per heavy atom. The van der Waals surface area contributed by atoms with Gasteiger partial charge in [-0.15, -0.1) is 0 Å². The van der Waals surface area contributed by atoms with Gasteiger partial charge in [0.1, 0.15) is 12.6 Å². The molecule has 2 rings (SSSR count). The number of hydrogen-bond acceptors (Lipinski definition) is 4. The Labute approximate surface area is 130 Å². The molecular weight excluding hydrogens is 282 g/mol. The largest absolute Gasteiger partial charge is 0.369 e. The van der Waals surface area contributed by atoms with Gasteiger partial charge in [-0.25, -0.2) is 0 Å². The second-order valence-electron chi connectivity index (χ2n) is 5.18. The van der Waals surface area contributed by atoms with Gasteiger partial charge in [-0.3, -0.25) is 9.59 Å². The molecule has 2 amide bonds. The third-order valence-electron chi connectivity index (χ3n) is 3.55. The minimum absolute atomic E-state index is 0.0357. The number of rotatable bonds is 7. The lowest BCUT2D eigenvalue weighted by molar-refractivity contribution is -0.155. The number of carbonyl (C=O) groups is 2. The molecule has 6 nitrogen and oxygen atoms in total. The predicted molar refractivity (Wildman–Crippen MR) is 83.2 cm³/mol. The van der Waals surface area contributed by atoms with Crippen LogP contribution in [0.15, 0.2) is 30.3 Å². The molecule has 1 heterocycles. The molecule has 0 unspecified atom stereocenters. The molecule has 1 atom stereocenters. The van der Waals surface area contributed by atoms with E-state index >= 15 is 0 Å². The topological polar surface area (TPSA) is 70.7 Å². The number of carbonyl (C=O) groups excluding carboxylic acids is 2. The number of nitrogens with zero attached hydrogens (tertiary/aromatic N) is 1. The highest BCUT2D eigenvalue weighted by atomic mass is 16.5. The Morgan fingerprint density at radius 1 is 1.32 bits per heavy atom. The molecule has 0 aliphatic carbocycles. The number of benzene rings is 1. The zero-order valence-electron chi connectivity index (χ0n) is 12.9. The maximum Gasteiger partial charge on any atom is 0.249 e. The minimum atomic E-state index is -0.567. The number of morpholine rings is 1. The van der Waals surface area contributed by atoms with Gasteiger partial charge in [0.15, 0.2) is 0 Å². The van der Waals surface area contributed by atoms with E-state index in [1.54, 1.807) is 4.90 Å². The van der Waals surface area contributed by atoms with Crippen LogP contribution in [-0.2, 0) is 20.9 Å². The van der Waals surface area contributed by atoms with E-state index < -0.39 is 6.04 Å². The van der Waals surface area contributed by atoms with Crippen molar-refractivity contribution in [3.8, 4) is 0 Å². The lowest BCUT2D eigenvalue weighted by Crippen LogP contribution is -2.56. The summed E-state index contributed by atoms with van der Waals surface area (Å²) in [4.78, 5) is 26.0. The molecule has 120 valence electrons. The van der Waals surface area contributed by atoms with Gasteiger partial charge in [-0.1, -0.05) is 37.3 Å². The van der Waals surface area contributed by atoms with Gasteiger partial charge in [0.05, 0.1) is 6.61 Å². The number of nitrogens with one attached hydrogen (secondary N) is 2. The maximum absolute atomic E-state index is 12.3. The lowest BCUT2D eigenvalue weighted by Gasteiger charge is -2.34. The molecule has 2 N–H and O–H groups in total. The first-order valence-electron chi connectivity index (χ1n) is 7.62. The summed E-state index contributed by atoms with van der Waals surface area (Å²) in [7, 11) is 0. The quantitative estimate of drug-likeness (QED) is 0.703. The first-order chi connectivity index (χ1) is 10.7. The van der Waals surface area contributed by atoms with E-state index in [2.05, 4.69) is 10.6 Å². The molecule has 1 aromatic rings. The summed E-state index contributed by atoms with van der Waals surface area (Å²) in [6.07, 6.45) is 0. The Hall–Kier alpha value is -1.92. The third kappa shape index (κ3) is 4.54. The molecule has 0 bridgehead atoms. The van der Waals surface area contributed by atoms with Gasteiger partial charge >= 0.3 is 0 Å². The van der Waals surface area contributed by atoms with Crippen molar-refractivity contribution >= 4 is 11.8 Å². The molecule has 1 saturated heterocycles. The minimum Gasteiger partial charge on any atom is -0.369 e. The standard InChI is InChI=1S/C16H23N3O3/c1-2-17-8-9-18-16(21)14-11-22-12-15(20)19(14)10-13-6-4-3-5-7-13/h3-7,14,17H,2,8-12H2,1H3,(H,18,21)/t14-/m1/s1. The molecular formula is C16H23N3O3. The highest BCUT2D eigenvalue weighted by molar-refractivity contribution is 5.89. The average molecular weight is 305 g/mol. The van der Waals surface area contributed by atoms with E-state index in [-0.39, 0.29) is 25.0 Å². The normalized spacial score (nSPS) is 18.3. The Bertz CT molecular complexity index is 493. The van der Waals surface area contributed by atoms with Crippen LogP contribution >= 0.6 is 0 Å². The first-order valence-corrected chi connectivity index (χ1v) is 7.62. The number of likely N-dealkylation sites (N-methyl/N-ethyl adjacent to an activating group) is 1. The average Bonchev–Trinajstić information content (AvgIpc) is 2.54. The van der Waals surface area contributed by atoms with E-state index in [0.717, 1.165) is 12.1 Å². The molecule has 1 fully saturated rings. The summed E-state index contributed by atoms with van der Waals surface area (Å²) >= 11 is 0. The van der Waals surface area contributed by atoms with Crippen molar-refractivity contribution in [2.75, 3.05) is 32.8 Å². The van der Waals surface area contributed by atoms with Crippen LogP contribution in [-0.4, -0.2) is 55.6 Å². The van der Waals surface area contributed by atoms with Gasteiger partial charge in [-0.2, -0.15) is 0 Å². The molecule has 0 saturated carbocycles. The summed E-state index contributed by atoms with van der Waals surface area (Å²) in [5, 5.41) is 5.99. The SMILES string of the molecule is CCNCCNC(=O)[C@H]1COCC(=O)N1Cc1ccccc1. The highest BCUT2D eigenvalue weighted by Crippen LogP contribution is 2.13. The highest BCUT2D eigenvalue weighted by Gasteiger charge is 2.33. The molecule has 22 heavy (non-hydrogen) atoms. The fourth-order valence-electron chi connectivity index (χ4n) is 2.37. The summed E-state index contributed by atoms with van der Waals surface area (Å²) in [5.41, 5.74) is 1.00. The zero-order valence-corrected chi connectivity index (χ0v) is 12.9. The van der Waals surface area contributed by atoms with Crippen LogP contribution in [0.2, 0.25) is 0 Å². The molecule has 0 aromatic heterocycles. The van der Waals surface area contributed by atoms with Crippen LogP contribution in [0.25, 0.3) is 0 Å². The fourth-order valence-corrected chi connectivity index (χ4v) is 2.37. The van der Waals surface area contributed by atoms with Gasteiger partial charge in [0.2, 0.25) is 11.8 Å². The van der Waals surface area contributed by atoms with Crippen molar-refractivity contribution in [2.45, 2.75) is 19.5 Å². The second-order valence-corrected chi connectivity index (χ2v) is 5.18. The van der Waals surface area contributed by atoms with Crippen molar-refractivity contribution in [1.29, 1.82) is 0 Å². The second kappa shape index (κ2) is 8.51. The number of hydrogen-bond donors (Lipinski definition) is 2. The molecule has 1 aliphatic rings. The van der Waals surface area contributed by atoms with Gasteiger partial charge in [0, 0.05) is 19.6 Å². The maximum atomic E-state index is 12.3. The van der Waals surface area contributed by atoms with Gasteiger partial charge in [0.25, 0.3) is 0 Å². The monoisotopic (exact) mass is 305 g/mol. The van der Waals surface area contributed by atoms with E-state index in [0.29, 0.717) is 19.6 Å². The summed E-state index contributed by atoms with van der Waals surface area (Å²) in [5.74, 6) is -0.316. The smallest absolute Gasteiger partial charge is 0.249 e. The molecule has 0 spiro atoms. The van der Waals surface area contributed by atoms with Crippen molar-refractivity contribution in [3.63, 3.8) is 0 Å². The van der Waals surface area contributed by atoms with Crippen LogP contribution < -0.4 is 10.6 Å². The summed E-state index contributed by atoms with van der Waals surface area (Å²) in [6, 6.07) is 9.10. The molecule has 0 radical (unpaired) electrons. The van der Waals surface area contributed by atoms with Crippen molar-refractivity contribution in [1.82, 2.24) is 15.5 Å². The first kappa shape index (κ1) is 16.5. The fraction of sp³-hybridized carbons (Fsp3) is 0.500. The lowest BCUT2D eigenvalue weighted by atomic mass is 10.1. The number of ether oxygens (including phenoxy) is 1. The summed E-state index contributed by atoms with van der Waals surface area (Å²) in [6.45, 7) is 4.82. The molecule has 1 aliphatic heterocycles. The van der Waals surface area contributed by atoms with E-state index in [9.17, 15) is 9.59 Å². The molecule has 1 aromatic carbocycles. The van der Waals surface area contributed by atoms with E-state index in [4.69, 9.17) is 4.74 Å². The van der Waals surface area contributed by atoms with Crippen LogP contribution in [0.4, 0.5) is 0 Å². The van der Waals surface area contributed by atoms with Crippen LogP contribution in [0.1, 0.15) is 12.5 Å². The van der Waals surface area contributed by atoms with Crippen LogP contribution in [0.3, 0.4) is 0 Å². The van der Waals surface area contributed by atoms with Crippen molar-refractivity contribution in [3.05, 3.63) is 35.9 Å².